The van der Waals surface area contributed by atoms with Crippen LogP contribution in [-0.2, 0) is 0 Å². The van der Waals surface area contributed by atoms with Crippen LogP contribution in [0, 0.1) is 34.5 Å². The van der Waals surface area contributed by atoms with Gasteiger partial charge >= 0.3 is 0 Å². The first-order valence-electron chi connectivity index (χ1n) is 11.1. The van der Waals surface area contributed by atoms with Crippen molar-refractivity contribution in [2.24, 2.45) is 11.8 Å². The molecule has 0 bridgehead atoms. The number of aromatic nitrogens is 3. The molecule has 0 aromatic carbocycles. The number of nitriles is 2. The number of aromatic amines is 1. The summed E-state index contributed by atoms with van der Waals surface area (Å²) in [6.45, 7) is 2.98. The Labute approximate surface area is 195 Å². The highest BCUT2D eigenvalue weighted by Crippen LogP contribution is 2.42. The molecule has 0 radical (unpaired) electrons. The van der Waals surface area contributed by atoms with Crippen molar-refractivity contribution < 1.29 is 4.79 Å². The molecule has 3 aromatic rings. The summed E-state index contributed by atoms with van der Waals surface area (Å²) in [5.74, 6) is 1.02. The van der Waals surface area contributed by atoms with E-state index in [1.165, 1.54) is 11.3 Å². The summed E-state index contributed by atoms with van der Waals surface area (Å²) in [4.78, 5) is 27.3. The number of hydrogen-bond acceptors (Lipinski definition) is 8. The number of H-pyrrole nitrogens is 1. The number of carbonyl (C=O) groups excluding carboxylic acids is 1. The minimum Gasteiger partial charge on any atom is -0.381 e. The molecule has 168 valence electrons. The lowest BCUT2D eigenvalue weighted by Crippen LogP contribution is -2.26. The molecule has 10 heteroatoms. The van der Waals surface area contributed by atoms with Crippen LogP contribution in [0.1, 0.15) is 28.9 Å². The zero-order valence-electron chi connectivity index (χ0n) is 18.0. The first kappa shape index (κ1) is 21.4. The first-order valence-corrected chi connectivity index (χ1v) is 11.9. The molecular weight excluding hydrogens is 436 g/mol. The molecule has 1 amide bonds. The number of pyridine rings is 1. The summed E-state index contributed by atoms with van der Waals surface area (Å²) in [6.07, 6.45) is 8.02. The van der Waals surface area contributed by atoms with Gasteiger partial charge in [0.2, 0.25) is 0 Å². The van der Waals surface area contributed by atoms with Crippen LogP contribution in [0.3, 0.4) is 0 Å². The van der Waals surface area contributed by atoms with Gasteiger partial charge < -0.3 is 20.5 Å². The lowest BCUT2D eigenvalue weighted by molar-refractivity contribution is 0.0962. The van der Waals surface area contributed by atoms with Crippen molar-refractivity contribution in [3.63, 3.8) is 0 Å². The molecule has 3 N–H and O–H groups in total. The van der Waals surface area contributed by atoms with Crippen LogP contribution in [-0.4, -0.2) is 58.0 Å². The molecule has 2 fully saturated rings. The third kappa shape index (κ3) is 4.28. The quantitative estimate of drug-likeness (QED) is 0.462. The molecule has 0 spiro atoms. The fourth-order valence-corrected chi connectivity index (χ4v) is 5.99. The molecular formula is C23H24N8OS. The normalized spacial score (nSPS) is 22.1. The van der Waals surface area contributed by atoms with Crippen molar-refractivity contribution in [2.75, 3.05) is 31.5 Å². The van der Waals surface area contributed by atoms with Crippen LogP contribution in [0.4, 0.5) is 5.69 Å². The lowest BCUT2D eigenvalue weighted by atomic mass is 10.0. The van der Waals surface area contributed by atoms with E-state index in [9.17, 15) is 4.79 Å². The van der Waals surface area contributed by atoms with Crippen molar-refractivity contribution >= 4 is 34.0 Å². The van der Waals surface area contributed by atoms with Gasteiger partial charge in [-0.25, -0.2) is 9.97 Å². The molecule has 4 heterocycles. The fourth-order valence-electron chi connectivity index (χ4n) is 5.15. The molecule has 1 unspecified atom stereocenters. The van der Waals surface area contributed by atoms with E-state index in [4.69, 9.17) is 10.5 Å². The summed E-state index contributed by atoms with van der Waals surface area (Å²) in [6, 6.07) is 6.54. The molecule has 3 aromatic heterocycles. The standard InChI is InChI=1S/C23H24N8OS/c24-3-1-7-31-12-14-8-16(9-15(14)13-31)30-20-17-2-5-26-21(17)28-10-18(20)23-29-11-19(33-23)22(32)27-6-4-25/h2,5,10-11,14-16H,1,6-9,12-13H2,(H,27,32)(H2,26,28,30)/t14-,15+,16?. The average Bonchev–Trinajstić information content (AvgIpc) is 3.59. The zero-order valence-corrected chi connectivity index (χ0v) is 18.9. The van der Waals surface area contributed by atoms with E-state index in [0.29, 0.717) is 29.2 Å². The van der Waals surface area contributed by atoms with E-state index in [1.807, 2.05) is 18.3 Å². The Bertz CT molecular complexity index is 1240. The van der Waals surface area contributed by atoms with Crippen molar-refractivity contribution in [2.45, 2.75) is 25.3 Å². The van der Waals surface area contributed by atoms with Gasteiger partial charge in [-0.05, 0) is 30.7 Å². The van der Waals surface area contributed by atoms with E-state index in [2.05, 4.69) is 36.6 Å². The number of nitrogens with one attached hydrogen (secondary N) is 3. The van der Waals surface area contributed by atoms with Gasteiger partial charge in [0, 0.05) is 49.9 Å². The molecule has 3 atom stereocenters. The Kier molecular flexibility index (Phi) is 5.95. The summed E-state index contributed by atoms with van der Waals surface area (Å²) >= 11 is 1.30. The van der Waals surface area contributed by atoms with Crippen LogP contribution in [0.2, 0.25) is 0 Å². The third-order valence-electron chi connectivity index (χ3n) is 6.59. The van der Waals surface area contributed by atoms with Crippen LogP contribution >= 0.6 is 11.3 Å². The van der Waals surface area contributed by atoms with Gasteiger partial charge in [0.05, 0.1) is 29.6 Å². The Morgan fingerprint density at radius 3 is 2.79 bits per heavy atom. The first-order chi connectivity index (χ1) is 16.2. The molecule has 33 heavy (non-hydrogen) atoms. The zero-order chi connectivity index (χ0) is 22.8. The topological polar surface area (TPSA) is 134 Å². The summed E-state index contributed by atoms with van der Waals surface area (Å²) in [5.41, 5.74) is 2.68. The molecule has 1 saturated heterocycles. The fraction of sp³-hybridized carbons (Fsp3) is 0.435. The number of carbonyl (C=O) groups is 1. The maximum Gasteiger partial charge on any atom is 0.263 e. The number of rotatable bonds is 7. The summed E-state index contributed by atoms with van der Waals surface area (Å²) in [7, 11) is 0. The molecule has 1 aliphatic heterocycles. The van der Waals surface area contributed by atoms with Gasteiger partial charge in [0.1, 0.15) is 22.1 Å². The molecule has 5 rings (SSSR count). The van der Waals surface area contributed by atoms with Gasteiger partial charge in [-0.3, -0.25) is 4.79 Å². The lowest BCUT2D eigenvalue weighted by Gasteiger charge is -2.21. The second kappa shape index (κ2) is 9.18. The maximum absolute atomic E-state index is 12.2. The molecule has 2 aliphatic rings. The van der Waals surface area contributed by atoms with Crippen molar-refractivity contribution in [1.82, 2.24) is 25.2 Å². The highest BCUT2D eigenvalue weighted by atomic mass is 32.1. The predicted molar refractivity (Wildman–Crippen MR) is 125 cm³/mol. The van der Waals surface area contributed by atoms with Crippen molar-refractivity contribution in [3.05, 3.63) is 29.5 Å². The SMILES string of the molecule is N#CCCN1C[C@H]2CC(Nc3c(-c4ncc(C(=O)NCC#N)s4)cnc4[nH]ccc34)C[C@H]2C1. The van der Waals surface area contributed by atoms with Crippen LogP contribution < -0.4 is 10.6 Å². The number of amides is 1. The van der Waals surface area contributed by atoms with Gasteiger partial charge in [-0.1, -0.05) is 0 Å². The molecule has 9 nitrogen and oxygen atoms in total. The Hall–Kier alpha value is -3.47. The van der Waals surface area contributed by atoms with Crippen LogP contribution in [0.5, 0.6) is 0 Å². The summed E-state index contributed by atoms with van der Waals surface area (Å²) in [5, 5.41) is 25.6. The van der Waals surface area contributed by atoms with E-state index in [1.54, 1.807) is 12.4 Å². The number of thiazole rings is 1. The number of likely N-dealkylation sites (tertiary alicyclic amines) is 1. The smallest absolute Gasteiger partial charge is 0.263 e. The predicted octanol–water partition coefficient (Wildman–Crippen LogP) is 2.98. The van der Waals surface area contributed by atoms with Gasteiger partial charge in [0.15, 0.2) is 0 Å². The number of hydrogen-bond donors (Lipinski definition) is 3. The second-order valence-electron chi connectivity index (χ2n) is 8.66. The van der Waals surface area contributed by atoms with E-state index >= 15 is 0 Å². The third-order valence-corrected chi connectivity index (χ3v) is 7.62. The van der Waals surface area contributed by atoms with E-state index in [0.717, 1.165) is 59.8 Å². The Morgan fingerprint density at radius 1 is 1.21 bits per heavy atom. The maximum atomic E-state index is 12.2. The summed E-state index contributed by atoms with van der Waals surface area (Å²) < 4.78 is 0. The average molecular weight is 461 g/mol. The van der Waals surface area contributed by atoms with Crippen molar-refractivity contribution in [3.8, 4) is 22.7 Å². The van der Waals surface area contributed by atoms with E-state index in [-0.39, 0.29) is 12.5 Å². The largest absolute Gasteiger partial charge is 0.381 e. The number of anilines is 1. The minimum atomic E-state index is -0.296. The highest BCUT2D eigenvalue weighted by Gasteiger charge is 2.40. The van der Waals surface area contributed by atoms with Crippen LogP contribution in [0.15, 0.2) is 24.7 Å². The Balaban J connectivity index is 1.36. The number of nitrogens with zero attached hydrogens (tertiary/aromatic N) is 5. The van der Waals surface area contributed by atoms with Crippen LogP contribution in [0.25, 0.3) is 21.6 Å². The number of fused-ring (bicyclic) bond motifs is 2. The van der Waals surface area contributed by atoms with Gasteiger partial charge in [0.25, 0.3) is 5.91 Å². The van der Waals surface area contributed by atoms with Gasteiger partial charge in [-0.15, -0.1) is 11.3 Å². The van der Waals surface area contributed by atoms with E-state index < -0.39 is 0 Å². The molecule has 1 aliphatic carbocycles. The molecule has 1 saturated carbocycles. The monoisotopic (exact) mass is 460 g/mol. The van der Waals surface area contributed by atoms with Crippen molar-refractivity contribution in [1.29, 1.82) is 10.5 Å². The van der Waals surface area contributed by atoms with Gasteiger partial charge in [-0.2, -0.15) is 10.5 Å². The minimum absolute atomic E-state index is 0.0340. The Morgan fingerprint density at radius 2 is 2.03 bits per heavy atom. The second-order valence-corrected chi connectivity index (χ2v) is 9.69. The highest BCUT2D eigenvalue weighted by molar-refractivity contribution is 7.17.